The van der Waals surface area contributed by atoms with Crippen LogP contribution in [-0.4, -0.2) is 28.3 Å². The first-order valence-electron chi connectivity index (χ1n) is 9.41. The molecular formula is C22H18ClFN4. The highest BCUT2D eigenvalue weighted by molar-refractivity contribution is 6.35. The summed E-state index contributed by atoms with van der Waals surface area (Å²) in [5.41, 5.74) is 5.18. The van der Waals surface area contributed by atoms with E-state index >= 15 is 0 Å². The molecule has 5 rings (SSSR count). The molecule has 1 aliphatic carbocycles. The number of hydrogen-bond acceptors (Lipinski definition) is 4. The molecule has 1 saturated carbocycles. The predicted molar refractivity (Wildman–Crippen MR) is 112 cm³/mol. The van der Waals surface area contributed by atoms with Crippen molar-refractivity contribution in [2.24, 2.45) is 4.99 Å². The number of nitrogens with one attached hydrogen (secondary N) is 1. The lowest BCUT2D eigenvalue weighted by Crippen LogP contribution is -2.26. The van der Waals surface area contributed by atoms with Crippen LogP contribution in [0.3, 0.4) is 0 Å². The second-order valence-electron chi connectivity index (χ2n) is 7.16. The van der Waals surface area contributed by atoms with E-state index in [0.29, 0.717) is 28.9 Å². The molecule has 28 heavy (non-hydrogen) atoms. The summed E-state index contributed by atoms with van der Waals surface area (Å²) in [6.07, 6.45) is 7.49. The molecule has 0 unspecified atom stereocenters. The average molecular weight is 393 g/mol. The number of anilines is 1. The van der Waals surface area contributed by atoms with Gasteiger partial charge in [-0.15, -0.1) is 0 Å². The Morgan fingerprint density at radius 2 is 1.96 bits per heavy atom. The third-order valence-electron chi connectivity index (χ3n) is 5.27. The number of nitrogens with zero attached hydrogens (tertiary/aromatic N) is 3. The van der Waals surface area contributed by atoms with Gasteiger partial charge in [-0.05, 0) is 55.7 Å². The van der Waals surface area contributed by atoms with Crippen LogP contribution in [0.2, 0.25) is 5.02 Å². The summed E-state index contributed by atoms with van der Waals surface area (Å²) in [5, 5.41) is 3.98. The highest BCUT2D eigenvalue weighted by Crippen LogP contribution is 2.29. The highest BCUT2D eigenvalue weighted by atomic mass is 35.5. The molecule has 2 aliphatic rings. The van der Waals surface area contributed by atoms with Crippen molar-refractivity contribution in [2.75, 3.05) is 11.9 Å². The van der Waals surface area contributed by atoms with Crippen molar-refractivity contribution in [3.8, 4) is 0 Å². The van der Waals surface area contributed by atoms with Crippen LogP contribution in [0.25, 0.3) is 16.6 Å². The molecule has 0 amide bonds. The molecule has 3 heterocycles. The number of allylic oxidation sites excluding steroid dienone is 1. The lowest BCUT2D eigenvalue weighted by molar-refractivity contribution is 0.445. The maximum atomic E-state index is 14.4. The quantitative estimate of drug-likeness (QED) is 0.657. The van der Waals surface area contributed by atoms with Crippen molar-refractivity contribution in [3.63, 3.8) is 0 Å². The minimum absolute atomic E-state index is 0.342. The number of hydrogen-bond donors (Lipinski definition) is 1. The van der Waals surface area contributed by atoms with Gasteiger partial charge in [-0.2, -0.15) is 0 Å². The standard InChI is InChI=1S/C22H18ClFN4/c23-13-4-5-18(24)17(10-13)22-16(8-9-25-22)19-6-7-20-21(28-19)11-15(12-26-20)27-14-2-1-3-14/h4-8,10-12,14,27H,1-3,9H2. The van der Waals surface area contributed by atoms with Crippen LogP contribution >= 0.6 is 11.6 Å². The second kappa shape index (κ2) is 6.99. The Hall–Kier alpha value is -2.79. The maximum Gasteiger partial charge on any atom is 0.132 e. The van der Waals surface area contributed by atoms with E-state index < -0.39 is 0 Å². The minimum atomic E-state index is -0.342. The van der Waals surface area contributed by atoms with E-state index in [1.165, 1.54) is 31.4 Å². The molecular weight excluding hydrogens is 375 g/mol. The summed E-state index contributed by atoms with van der Waals surface area (Å²) < 4.78 is 14.4. The fourth-order valence-corrected chi connectivity index (χ4v) is 3.74. The molecule has 2 aromatic heterocycles. The third kappa shape index (κ3) is 3.16. The number of halogens is 2. The fourth-order valence-electron chi connectivity index (χ4n) is 3.57. The summed E-state index contributed by atoms with van der Waals surface area (Å²) in [4.78, 5) is 13.8. The van der Waals surface area contributed by atoms with Gasteiger partial charge in [0.1, 0.15) is 5.82 Å². The molecule has 0 atom stereocenters. The maximum absolute atomic E-state index is 14.4. The number of benzene rings is 1. The molecule has 6 heteroatoms. The zero-order chi connectivity index (χ0) is 19.1. The summed E-state index contributed by atoms with van der Waals surface area (Å²) in [5.74, 6) is -0.342. The Morgan fingerprint density at radius 1 is 1.07 bits per heavy atom. The number of fused-ring (bicyclic) bond motifs is 1. The van der Waals surface area contributed by atoms with E-state index in [2.05, 4.69) is 15.3 Å². The van der Waals surface area contributed by atoms with Gasteiger partial charge in [-0.25, -0.2) is 9.37 Å². The van der Waals surface area contributed by atoms with Crippen molar-refractivity contribution < 1.29 is 4.39 Å². The molecule has 4 nitrogen and oxygen atoms in total. The molecule has 3 aromatic rings. The molecule has 1 fully saturated rings. The van der Waals surface area contributed by atoms with Gasteiger partial charge in [0.25, 0.3) is 0 Å². The van der Waals surface area contributed by atoms with Crippen molar-refractivity contribution in [2.45, 2.75) is 25.3 Å². The van der Waals surface area contributed by atoms with Gasteiger partial charge in [0.15, 0.2) is 0 Å². The zero-order valence-corrected chi connectivity index (χ0v) is 15.9. The largest absolute Gasteiger partial charge is 0.381 e. The van der Waals surface area contributed by atoms with Crippen molar-refractivity contribution in [1.82, 2.24) is 9.97 Å². The van der Waals surface area contributed by atoms with Gasteiger partial charge in [0, 0.05) is 22.2 Å². The van der Waals surface area contributed by atoms with Crippen molar-refractivity contribution >= 4 is 39.6 Å². The molecule has 0 radical (unpaired) electrons. The first-order valence-corrected chi connectivity index (χ1v) is 9.79. The van der Waals surface area contributed by atoms with E-state index in [-0.39, 0.29) is 5.82 Å². The molecule has 0 bridgehead atoms. The van der Waals surface area contributed by atoms with Gasteiger partial charge in [0.2, 0.25) is 0 Å². The lowest BCUT2D eigenvalue weighted by Gasteiger charge is -2.27. The van der Waals surface area contributed by atoms with Crippen molar-refractivity contribution in [1.29, 1.82) is 0 Å². The average Bonchev–Trinajstić information content (AvgIpc) is 3.15. The Kier molecular flexibility index (Phi) is 4.32. The van der Waals surface area contributed by atoms with E-state index in [9.17, 15) is 4.39 Å². The highest BCUT2D eigenvalue weighted by Gasteiger charge is 2.21. The molecule has 1 N–H and O–H groups in total. The summed E-state index contributed by atoms with van der Waals surface area (Å²) in [6.45, 7) is 0.498. The Labute approximate surface area is 167 Å². The summed E-state index contributed by atoms with van der Waals surface area (Å²) >= 11 is 6.07. The third-order valence-corrected chi connectivity index (χ3v) is 5.51. The van der Waals surface area contributed by atoms with Gasteiger partial charge in [-0.3, -0.25) is 9.98 Å². The Bertz CT molecular complexity index is 1130. The number of rotatable bonds is 4. The monoisotopic (exact) mass is 392 g/mol. The summed E-state index contributed by atoms with van der Waals surface area (Å²) in [6, 6.07) is 10.9. The smallest absolute Gasteiger partial charge is 0.132 e. The topological polar surface area (TPSA) is 50.2 Å². The fraction of sp³-hybridized carbons (Fsp3) is 0.227. The number of aliphatic imine (C=N–C) groups is 1. The lowest BCUT2D eigenvalue weighted by atomic mass is 9.93. The van der Waals surface area contributed by atoms with E-state index in [4.69, 9.17) is 16.6 Å². The predicted octanol–water partition coefficient (Wildman–Crippen LogP) is 5.27. The van der Waals surface area contributed by atoms with Crippen LogP contribution in [0.1, 0.15) is 30.5 Å². The first-order chi connectivity index (χ1) is 13.7. The Morgan fingerprint density at radius 3 is 2.79 bits per heavy atom. The Balaban J connectivity index is 1.51. The van der Waals surface area contributed by atoms with Crippen LogP contribution in [0.5, 0.6) is 0 Å². The molecule has 0 saturated heterocycles. The first kappa shape index (κ1) is 17.3. The van der Waals surface area contributed by atoms with E-state index in [1.54, 1.807) is 6.07 Å². The minimum Gasteiger partial charge on any atom is -0.381 e. The van der Waals surface area contributed by atoms with Crippen LogP contribution < -0.4 is 5.32 Å². The normalized spacial score (nSPS) is 16.6. The van der Waals surface area contributed by atoms with Crippen LogP contribution in [0.15, 0.2) is 53.7 Å². The van der Waals surface area contributed by atoms with Gasteiger partial charge >= 0.3 is 0 Å². The van der Waals surface area contributed by atoms with Crippen LogP contribution in [-0.2, 0) is 0 Å². The molecule has 0 spiro atoms. The van der Waals surface area contributed by atoms with Crippen LogP contribution in [0, 0.1) is 5.82 Å². The van der Waals surface area contributed by atoms with E-state index in [1.807, 2.05) is 30.5 Å². The molecule has 1 aliphatic heterocycles. The van der Waals surface area contributed by atoms with Gasteiger partial charge < -0.3 is 5.32 Å². The van der Waals surface area contributed by atoms with Crippen LogP contribution in [0.4, 0.5) is 10.1 Å². The van der Waals surface area contributed by atoms with E-state index in [0.717, 1.165) is 28.0 Å². The van der Waals surface area contributed by atoms with Gasteiger partial charge in [0.05, 0.1) is 40.9 Å². The van der Waals surface area contributed by atoms with Crippen molar-refractivity contribution in [3.05, 3.63) is 70.8 Å². The summed E-state index contributed by atoms with van der Waals surface area (Å²) in [7, 11) is 0. The van der Waals surface area contributed by atoms with Gasteiger partial charge in [-0.1, -0.05) is 17.7 Å². The molecule has 1 aromatic carbocycles. The molecule has 140 valence electrons. The SMILES string of the molecule is Fc1ccc(Cl)cc1C1=NCC=C1c1ccc2ncc(NC3CCC3)cc2n1. The number of aromatic nitrogens is 2. The second-order valence-corrected chi connectivity index (χ2v) is 7.60. The zero-order valence-electron chi connectivity index (χ0n) is 15.1. The number of pyridine rings is 2.